The van der Waals surface area contributed by atoms with Gasteiger partial charge in [0.1, 0.15) is 18.5 Å². The monoisotopic (exact) mass is 426 g/mol. The number of aromatic nitrogens is 2. The molecule has 1 fully saturated rings. The number of hydrogen-bond donors (Lipinski definition) is 1. The van der Waals surface area contributed by atoms with Crippen LogP contribution >= 0.6 is 0 Å². The molecule has 3 aromatic carbocycles. The topological polar surface area (TPSA) is 61.5 Å². The largest absolute Gasteiger partial charge is 0.445 e. The summed E-state index contributed by atoms with van der Waals surface area (Å²) in [5.74, 6) is 0.774. The normalized spacial score (nSPS) is 16.9. The number of ether oxygens (including phenoxy) is 1. The first-order chi connectivity index (χ1) is 15.7. The Morgan fingerprint density at radius 3 is 2.66 bits per heavy atom. The fraction of sp³-hybridized carbons (Fsp3) is 0.231. The molecule has 1 atom stereocenters. The zero-order chi connectivity index (χ0) is 21.9. The van der Waals surface area contributed by atoms with Crippen LogP contribution in [-0.2, 0) is 11.3 Å². The highest BCUT2D eigenvalue weighted by molar-refractivity contribution is 5.86. The molecular formula is C26H26N4O2. The van der Waals surface area contributed by atoms with Crippen LogP contribution in [0.4, 0.5) is 4.79 Å². The van der Waals surface area contributed by atoms with Crippen LogP contribution in [0.3, 0.4) is 0 Å². The third-order valence-corrected chi connectivity index (χ3v) is 5.99. The Labute approximate surface area is 187 Å². The van der Waals surface area contributed by atoms with Crippen LogP contribution < -0.4 is 0 Å². The van der Waals surface area contributed by atoms with Gasteiger partial charge in [-0.2, -0.15) is 0 Å². The number of fused-ring (bicyclic) bond motifs is 1. The van der Waals surface area contributed by atoms with Crippen LogP contribution in [0, 0.1) is 0 Å². The lowest BCUT2D eigenvalue weighted by atomic mass is 10.1. The highest BCUT2D eigenvalue weighted by Gasteiger charge is 2.33. The van der Waals surface area contributed by atoms with Gasteiger partial charge in [0.2, 0.25) is 0 Å². The number of likely N-dealkylation sites (N-methyl/N-ethyl adjacent to an activating group) is 1. The van der Waals surface area contributed by atoms with E-state index < -0.39 is 0 Å². The molecule has 1 saturated heterocycles. The van der Waals surface area contributed by atoms with Gasteiger partial charge in [0.15, 0.2) is 0 Å². The Morgan fingerprint density at radius 1 is 1.03 bits per heavy atom. The minimum absolute atomic E-state index is 0.189. The summed E-state index contributed by atoms with van der Waals surface area (Å²) < 4.78 is 5.62. The fourth-order valence-corrected chi connectivity index (χ4v) is 4.18. The van der Waals surface area contributed by atoms with Gasteiger partial charge < -0.3 is 14.6 Å². The van der Waals surface area contributed by atoms with E-state index >= 15 is 0 Å². The number of carbonyl (C=O) groups is 1. The Balaban J connectivity index is 1.36. The van der Waals surface area contributed by atoms with Crippen LogP contribution in [0.25, 0.3) is 22.0 Å². The number of carbonyl (C=O) groups excluding carboxylic acids is 1. The maximum Gasteiger partial charge on any atom is 0.410 e. The molecule has 1 aliphatic rings. The van der Waals surface area contributed by atoms with Gasteiger partial charge in [0.25, 0.3) is 0 Å². The molecule has 6 nitrogen and oxygen atoms in total. The van der Waals surface area contributed by atoms with E-state index in [1.54, 1.807) is 4.90 Å². The lowest BCUT2D eigenvalue weighted by Gasteiger charge is -2.38. The summed E-state index contributed by atoms with van der Waals surface area (Å²) in [4.78, 5) is 25.0. The van der Waals surface area contributed by atoms with Crippen molar-refractivity contribution in [1.29, 1.82) is 0 Å². The fourth-order valence-electron chi connectivity index (χ4n) is 4.18. The van der Waals surface area contributed by atoms with E-state index in [9.17, 15) is 4.79 Å². The summed E-state index contributed by atoms with van der Waals surface area (Å²) in [6.45, 7) is 2.36. The second-order valence-electron chi connectivity index (χ2n) is 8.26. The minimum atomic E-state index is -0.310. The summed E-state index contributed by atoms with van der Waals surface area (Å²) in [6.07, 6.45) is 1.54. The minimum Gasteiger partial charge on any atom is -0.445 e. The van der Waals surface area contributed by atoms with Crippen molar-refractivity contribution in [2.75, 3.05) is 26.7 Å². The Bertz CT molecular complexity index is 1220. The standard InChI is InChI=1S/C26H26N4O2/c1-29-13-14-30(26(31)32-18-19-7-3-2-4-8-19)24(17-29)25-27-16-23(28-25)22-12-11-20-9-5-6-10-21(20)15-22/h2-12,15-16,24H,13-14,17-18H2,1H3,(H,27,28). The summed E-state index contributed by atoms with van der Waals surface area (Å²) in [5.41, 5.74) is 2.99. The predicted octanol–water partition coefficient (Wildman–Crippen LogP) is 4.86. The van der Waals surface area contributed by atoms with E-state index in [1.807, 2.05) is 48.7 Å². The number of nitrogens with zero attached hydrogens (tertiary/aromatic N) is 3. The molecule has 1 unspecified atom stereocenters. The second kappa shape index (κ2) is 8.85. The summed E-state index contributed by atoms with van der Waals surface area (Å²) in [6, 6.07) is 24.2. The van der Waals surface area contributed by atoms with Crippen LogP contribution in [0.2, 0.25) is 0 Å². The predicted molar refractivity (Wildman–Crippen MR) is 125 cm³/mol. The van der Waals surface area contributed by atoms with E-state index in [-0.39, 0.29) is 18.7 Å². The molecule has 1 amide bonds. The first kappa shape index (κ1) is 20.3. The Morgan fingerprint density at radius 2 is 1.81 bits per heavy atom. The van der Waals surface area contributed by atoms with E-state index in [2.05, 4.69) is 52.2 Å². The Hall–Kier alpha value is -3.64. The quantitative estimate of drug-likeness (QED) is 0.507. The highest BCUT2D eigenvalue weighted by atomic mass is 16.6. The molecule has 0 saturated carbocycles. The smallest absolute Gasteiger partial charge is 0.410 e. The molecule has 0 aliphatic carbocycles. The van der Waals surface area contributed by atoms with Gasteiger partial charge in [-0.25, -0.2) is 9.78 Å². The molecule has 162 valence electrons. The van der Waals surface area contributed by atoms with Crippen molar-refractivity contribution >= 4 is 16.9 Å². The maximum atomic E-state index is 12.9. The van der Waals surface area contributed by atoms with Crippen LogP contribution in [-0.4, -0.2) is 52.5 Å². The maximum absolute atomic E-state index is 12.9. The number of rotatable bonds is 4. The van der Waals surface area contributed by atoms with Gasteiger partial charge in [-0.3, -0.25) is 4.90 Å². The van der Waals surface area contributed by atoms with Crippen LogP contribution in [0.15, 0.2) is 79.0 Å². The molecule has 6 heteroatoms. The average molecular weight is 427 g/mol. The van der Waals surface area contributed by atoms with Crippen molar-refractivity contribution in [1.82, 2.24) is 19.8 Å². The second-order valence-corrected chi connectivity index (χ2v) is 8.26. The zero-order valence-electron chi connectivity index (χ0n) is 18.1. The molecule has 1 aromatic heterocycles. The van der Waals surface area contributed by atoms with Gasteiger partial charge in [-0.1, -0.05) is 66.7 Å². The first-order valence-corrected chi connectivity index (χ1v) is 10.9. The molecule has 2 heterocycles. The zero-order valence-corrected chi connectivity index (χ0v) is 18.1. The van der Waals surface area contributed by atoms with E-state index in [1.165, 1.54) is 10.8 Å². The van der Waals surface area contributed by atoms with Gasteiger partial charge in [0, 0.05) is 25.2 Å². The molecule has 5 rings (SSSR count). The molecule has 1 N–H and O–H groups in total. The van der Waals surface area contributed by atoms with E-state index in [0.717, 1.165) is 29.2 Å². The summed E-state index contributed by atoms with van der Waals surface area (Å²) >= 11 is 0. The third-order valence-electron chi connectivity index (χ3n) is 5.99. The summed E-state index contributed by atoms with van der Waals surface area (Å²) in [7, 11) is 2.06. The molecule has 4 aromatic rings. The molecule has 32 heavy (non-hydrogen) atoms. The van der Waals surface area contributed by atoms with Crippen molar-refractivity contribution in [3.05, 3.63) is 90.4 Å². The molecule has 1 aliphatic heterocycles. The number of H-pyrrole nitrogens is 1. The number of benzene rings is 3. The average Bonchev–Trinajstić information content (AvgIpc) is 3.33. The summed E-state index contributed by atoms with van der Waals surface area (Å²) in [5, 5.41) is 2.39. The molecule has 0 bridgehead atoms. The SMILES string of the molecule is CN1CCN(C(=O)OCc2ccccc2)C(c2ncc(-c3ccc4ccccc4c3)[nH]2)C1. The number of amides is 1. The van der Waals surface area contributed by atoms with Crippen molar-refractivity contribution in [2.24, 2.45) is 0 Å². The van der Waals surface area contributed by atoms with Gasteiger partial charge in [0.05, 0.1) is 11.9 Å². The molecular weight excluding hydrogens is 400 g/mol. The van der Waals surface area contributed by atoms with E-state index in [0.29, 0.717) is 13.1 Å². The number of piperazine rings is 1. The lowest BCUT2D eigenvalue weighted by molar-refractivity contribution is 0.0469. The van der Waals surface area contributed by atoms with Crippen LogP contribution in [0.5, 0.6) is 0 Å². The molecule has 0 radical (unpaired) electrons. The number of hydrogen-bond acceptors (Lipinski definition) is 4. The van der Waals surface area contributed by atoms with E-state index in [4.69, 9.17) is 4.74 Å². The highest BCUT2D eigenvalue weighted by Crippen LogP contribution is 2.28. The van der Waals surface area contributed by atoms with Gasteiger partial charge in [-0.15, -0.1) is 0 Å². The number of nitrogens with one attached hydrogen (secondary N) is 1. The first-order valence-electron chi connectivity index (χ1n) is 10.9. The van der Waals surface area contributed by atoms with Gasteiger partial charge >= 0.3 is 6.09 Å². The van der Waals surface area contributed by atoms with Crippen molar-refractivity contribution in [3.8, 4) is 11.3 Å². The van der Waals surface area contributed by atoms with Gasteiger partial charge in [-0.05, 0) is 29.4 Å². The number of aromatic amines is 1. The van der Waals surface area contributed by atoms with Crippen molar-refractivity contribution < 1.29 is 9.53 Å². The van der Waals surface area contributed by atoms with Crippen molar-refractivity contribution in [2.45, 2.75) is 12.6 Å². The van der Waals surface area contributed by atoms with Crippen molar-refractivity contribution in [3.63, 3.8) is 0 Å². The molecule has 0 spiro atoms. The lowest BCUT2D eigenvalue weighted by Crippen LogP contribution is -2.49. The number of imidazole rings is 1. The van der Waals surface area contributed by atoms with Crippen LogP contribution in [0.1, 0.15) is 17.4 Å². The Kier molecular flexibility index (Phi) is 5.60. The third kappa shape index (κ3) is 4.22.